The zero-order chi connectivity index (χ0) is 21.5. The number of benzene rings is 1. The second-order valence-corrected chi connectivity index (χ2v) is 7.72. The van der Waals surface area contributed by atoms with Crippen molar-refractivity contribution in [3.8, 4) is 0 Å². The minimum Gasteiger partial charge on any atom is -0.469 e. The van der Waals surface area contributed by atoms with Gasteiger partial charge >= 0.3 is 6.18 Å². The highest BCUT2D eigenvalue weighted by Crippen LogP contribution is 2.48. The van der Waals surface area contributed by atoms with Gasteiger partial charge in [0.15, 0.2) is 5.96 Å². The predicted octanol–water partition coefficient (Wildman–Crippen LogP) is 5.01. The van der Waals surface area contributed by atoms with Crippen LogP contribution in [0.15, 0.2) is 52.1 Å². The quantitative estimate of drug-likeness (QED) is 0.248. The maximum Gasteiger partial charge on any atom is 0.416 e. The Morgan fingerprint density at radius 3 is 2.65 bits per heavy atom. The number of hydrogen-bond acceptors (Lipinski definition) is 3. The summed E-state index contributed by atoms with van der Waals surface area (Å²) in [6.07, 6.45) is 1.20. The lowest BCUT2D eigenvalue weighted by Gasteiger charge is -2.18. The molecule has 1 fully saturated rings. The molecule has 0 bridgehead atoms. The summed E-state index contributed by atoms with van der Waals surface area (Å²) in [5.41, 5.74) is 0.0693. The van der Waals surface area contributed by atoms with Gasteiger partial charge in [0.05, 0.1) is 18.4 Å². The average Bonchev–Trinajstić information content (AvgIpc) is 3.30. The second kappa shape index (κ2) is 11.8. The van der Waals surface area contributed by atoms with Gasteiger partial charge in [-0.15, -0.1) is 24.0 Å². The molecule has 2 aromatic rings. The van der Waals surface area contributed by atoms with Gasteiger partial charge in [-0.25, -0.2) is 4.99 Å². The highest BCUT2D eigenvalue weighted by atomic mass is 127. The molecule has 1 aliphatic rings. The fraction of sp³-hybridized carbons (Fsp3) is 0.500. The number of nitrogens with zero attached hydrogens (tertiary/aromatic N) is 1. The van der Waals surface area contributed by atoms with Crippen LogP contribution in [-0.2, 0) is 23.9 Å². The molecule has 2 N–H and O–H groups in total. The highest BCUT2D eigenvalue weighted by molar-refractivity contribution is 14.0. The number of alkyl halides is 3. The number of rotatable bonds is 10. The zero-order valence-corrected chi connectivity index (χ0v) is 19.8. The molecule has 1 aliphatic carbocycles. The van der Waals surface area contributed by atoms with Crippen LogP contribution in [0.1, 0.15) is 36.1 Å². The fourth-order valence-corrected chi connectivity index (χ4v) is 3.23. The molecule has 1 aromatic heterocycles. The third-order valence-electron chi connectivity index (χ3n) is 5.34. The van der Waals surface area contributed by atoms with E-state index in [9.17, 15) is 13.2 Å². The summed E-state index contributed by atoms with van der Waals surface area (Å²) in [7, 11) is 1.70. The molecule has 1 heterocycles. The van der Waals surface area contributed by atoms with E-state index in [1.807, 2.05) is 12.1 Å². The summed E-state index contributed by atoms with van der Waals surface area (Å²) in [5.74, 6) is 1.45. The van der Waals surface area contributed by atoms with Crippen LogP contribution in [0, 0.1) is 5.41 Å². The first-order valence-corrected chi connectivity index (χ1v) is 10.1. The van der Waals surface area contributed by atoms with E-state index in [0.29, 0.717) is 31.1 Å². The average molecular weight is 551 g/mol. The van der Waals surface area contributed by atoms with Gasteiger partial charge < -0.3 is 19.8 Å². The van der Waals surface area contributed by atoms with E-state index in [1.165, 1.54) is 6.07 Å². The third kappa shape index (κ3) is 8.36. The standard InChI is InChI=1S/C22H28F3N3O2.HI/c1-29-13-10-21(8-9-21)16-28-20(26-11-7-19-6-3-12-30-19)27-15-17-4-2-5-18(14-17)22(23,24)25;/h2-6,12,14H,7-11,13,15-16H2,1H3,(H2,26,27,28);1H. The Hall–Kier alpha value is -1.75. The SMILES string of the molecule is COCCC1(CNC(=NCc2cccc(C(F)(F)F)c2)NCCc2ccco2)CC1.I. The van der Waals surface area contributed by atoms with Crippen LogP contribution in [0.25, 0.3) is 0 Å². The first-order chi connectivity index (χ1) is 14.4. The topological polar surface area (TPSA) is 58.8 Å². The first kappa shape index (κ1) is 25.5. The minimum atomic E-state index is -4.36. The Morgan fingerprint density at radius 1 is 1.19 bits per heavy atom. The summed E-state index contributed by atoms with van der Waals surface area (Å²) in [4.78, 5) is 4.51. The molecule has 0 aliphatic heterocycles. The molecule has 31 heavy (non-hydrogen) atoms. The number of methoxy groups -OCH3 is 1. The van der Waals surface area contributed by atoms with Crippen LogP contribution in [0.2, 0.25) is 0 Å². The number of ether oxygens (including phenoxy) is 1. The third-order valence-corrected chi connectivity index (χ3v) is 5.34. The van der Waals surface area contributed by atoms with E-state index in [1.54, 1.807) is 19.4 Å². The molecule has 9 heteroatoms. The number of nitrogens with one attached hydrogen (secondary N) is 2. The normalized spacial score (nSPS) is 15.3. The van der Waals surface area contributed by atoms with Crippen LogP contribution < -0.4 is 10.6 Å². The molecule has 172 valence electrons. The Bertz CT molecular complexity index is 822. The summed E-state index contributed by atoms with van der Waals surface area (Å²) >= 11 is 0. The van der Waals surface area contributed by atoms with Gasteiger partial charge in [-0.1, -0.05) is 12.1 Å². The van der Waals surface area contributed by atoms with Crippen molar-refractivity contribution in [1.82, 2.24) is 10.6 Å². The highest BCUT2D eigenvalue weighted by Gasteiger charge is 2.41. The van der Waals surface area contributed by atoms with Crippen molar-refractivity contribution in [2.24, 2.45) is 10.4 Å². The monoisotopic (exact) mass is 551 g/mol. The van der Waals surface area contributed by atoms with Crippen LogP contribution in [0.3, 0.4) is 0 Å². The predicted molar refractivity (Wildman–Crippen MR) is 125 cm³/mol. The molecule has 0 saturated heterocycles. The largest absolute Gasteiger partial charge is 0.469 e. The molecular formula is C22H29F3IN3O2. The molecule has 0 amide bonds. The van der Waals surface area contributed by atoms with Crippen LogP contribution >= 0.6 is 24.0 Å². The van der Waals surface area contributed by atoms with Crippen LogP contribution in [0.5, 0.6) is 0 Å². The molecule has 3 rings (SSSR count). The van der Waals surface area contributed by atoms with Crippen molar-refractivity contribution >= 4 is 29.9 Å². The lowest BCUT2D eigenvalue weighted by Crippen LogP contribution is -2.41. The molecule has 0 radical (unpaired) electrons. The van der Waals surface area contributed by atoms with Gasteiger partial charge in [-0.05, 0) is 54.5 Å². The van der Waals surface area contributed by atoms with Gasteiger partial charge in [-0.2, -0.15) is 13.2 Å². The number of furan rings is 1. The molecule has 0 unspecified atom stereocenters. The Kier molecular flexibility index (Phi) is 9.67. The number of aliphatic imine (C=N–C) groups is 1. The lowest BCUT2D eigenvalue weighted by molar-refractivity contribution is -0.137. The fourth-order valence-electron chi connectivity index (χ4n) is 3.23. The number of halogens is 4. The van der Waals surface area contributed by atoms with Crippen molar-refractivity contribution in [3.05, 3.63) is 59.5 Å². The smallest absolute Gasteiger partial charge is 0.416 e. The maximum absolute atomic E-state index is 12.9. The number of guanidine groups is 1. The van der Waals surface area contributed by atoms with Crippen molar-refractivity contribution in [2.45, 2.75) is 38.4 Å². The minimum absolute atomic E-state index is 0. The zero-order valence-electron chi connectivity index (χ0n) is 17.5. The summed E-state index contributed by atoms with van der Waals surface area (Å²) < 4.78 is 49.4. The van der Waals surface area contributed by atoms with Crippen LogP contribution in [-0.4, -0.2) is 32.8 Å². The Morgan fingerprint density at radius 2 is 2.00 bits per heavy atom. The second-order valence-electron chi connectivity index (χ2n) is 7.72. The van der Waals surface area contributed by atoms with E-state index in [4.69, 9.17) is 9.15 Å². The van der Waals surface area contributed by atoms with E-state index in [-0.39, 0.29) is 35.9 Å². The molecule has 5 nitrogen and oxygen atoms in total. The van der Waals surface area contributed by atoms with Gasteiger partial charge in [-0.3, -0.25) is 0 Å². The van der Waals surface area contributed by atoms with Crippen molar-refractivity contribution in [2.75, 3.05) is 26.8 Å². The molecule has 1 aromatic carbocycles. The van der Waals surface area contributed by atoms with Crippen molar-refractivity contribution in [3.63, 3.8) is 0 Å². The van der Waals surface area contributed by atoms with E-state index < -0.39 is 11.7 Å². The van der Waals surface area contributed by atoms with Crippen molar-refractivity contribution in [1.29, 1.82) is 0 Å². The molecule has 0 atom stereocenters. The molecular weight excluding hydrogens is 522 g/mol. The van der Waals surface area contributed by atoms with E-state index in [0.717, 1.165) is 43.7 Å². The van der Waals surface area contributed by atoms with Gasteiger partial charge in [0.1, 0.15) is 5.76 Å². The van der Waals surface area contributed by atoms with E-state index in [2.05, 4.69) is 15.6 Å². The molecule has 0 spiro atoms. The van der Waals surface area contributed by atoms with Gasteiger partial charge in [0.25, 0.3) is 0 Å². The number of hydrogen-bond donors (Lipinski definition) is 2. The first-order valence-electron chi connectivity index (χ1n) is 10.1. The Balaban J connectivity index is 0.00000341. The van der Waals surface area contributed by atoms with Crippen molar-refractivity contribution < 1.29 is 22.3 Å². The van der Waals surface area contributed by atoms with Gasteiger partial charge in [0.2, 0.25) is 0 Å². The summed E-state index contributed by atoms with van der Waals surface area (Å²) in [6.45, 7) is 2.23. The Labute approximate surface area is 197 Å². The lowest BCUT2D eigenvalue weighted by atomic mass is 10.0. The summed E-state index contributed by atoms with van der Waals surface area (Å²) in [6, 6.07) is 9.02. The van der Waals surface area contributed by atoms with Crippen LogP contribution in [0.4, 0.5) is 13.2 Å². The van der Waals surface area contributed by atoms with E-state index >= 15 is 0 Å². The maximum atomic E-state index is 12.9. The van der Waals surface area contributed by atoms with Gasteiger partial charge in [0, 0.05) is 33.2 Å². The molecule has 1 saturated carbocycles. The summed E-state index contributed by atoms with van der Waals surface area (Å²) in [5, 5.41) is 6.61.